The zero-order valence-corrected chi connectivity index (χ0v) is 11.3. The van der Waals surface area contributed by atoms with Crippen molar-refractivity contribution in [1.29, 1.82) is 0 Å². The summed E-state index contributed by atoms with van der Waals surface area (Å²) in [6, 6.07) is 7.96. The number of aliphatic hydroxyl groups excluding tert-OH is 1. The fourth-order valence-corrected chi connectivity index (χ4v) is 2.78. The predicted octanol–water partition coefficient (Wildman–Crippen LogP) is 2.71. The van der Waals surface area contributed by atoms with Gasteiger partial charge in [0, 0.05) is 22.7 Å². The Balaban J connectivity index is 2.09. The van der Waals surface area contributed by atoms with Crippen molar-refractivity contribution in [1.82, 2.24) is 5.32 Å². The van der Waals surface area contributed by atoms with Gasteiger partial charge in [-0.15, -0.1) is 11.3 Å². The van der Waals surface area contributed by atoms with Crippen molar-refractivity contribution >= 4 is 27.3 Å². The van der Waals surface area contributed by atoms with Crippen LogP contribution in [0.3, 0.4) is 0 Å². The van der Waals surface area contributed by atoms with Crippen LogP contribution in [0.25, 0.3) is 10.1 Å². The Morgan fingerprint density at radius 1 is 1.39 bits per heavy atom. The molecular formula is C14H17NO2S. The molecule has 1 unspecified atom stereocenters. The second-order valence-corrected chi connectivity index (χ2v) is 5.51. The van der Waals surface area contributed by atoms with Gasteiger partial charge in [-0.05, 0) is 16.8 Å². The molecule has 0 bridgehead atoms. The van der Waals surface area contributed by atoms with E-state index in [4.69, 9.17) is 0 Å². The highest BCUT2D eigenvalue weighted by Gasteiger charge is 2.14. The molecule has 0 saturated heterocycles. The Hall–Kier alpha value is -1.39. The predicted molar refractivity (Wildman–Crippen MR) is 74.6 cm³/mol. The average Bonchev–Trinajstić information content (AvgIpc) is 2.79. The molecule has 0 aliphatic heterocycles. The first-order valence-corrected chi connectivity index (χ1v) is 6.89. The van der Waals surface area contributed by atoms with Crippen LogP contribution in [0.5, 0.6) is 0 Å². The zero-order chi connectivity index (χ0) is 13.1. The van der Waals surface area contributed by atoms with Gasteiger partial charge in [0.1, 0.15) is 0 Å². The van der Waals surface area contributed by atoms with E-state index in [0.717, 1.165) is 15.6 Å². The van der Waals surface area contributed by atoms with Gasteiger partial charge in [0.05, 0.1) is 6.10 Å². The largest absolute Gasteiger partial charge is 0.387 e. The number of fused-ring (bicyclic) bond motifs is 1. The number of aliphatic hydroxyl groups is 1. The quantitative estimate of drug-likeness (QED) is 0.891. The standard InChI is InChI=1S/C14H17NO2S/c1-9(2)14(17)15-7-12(16)11-8-18-13-6-4-3-5-10(11)13/h3-6,8-9,12,16H,7H2,1-2H3,(H,15,17). The van der Waals surface area contributed by atoms with E-state index in [9.17, 15) is 9.90 Å². The van der Waals surface area contributed by atoms with Crippen LogP contribution in [0.4, 0.5) is 0 Å². The Labute approximate surface area is 110 Å². The second kappa shape index (κ2) is 5.50. The van der Waals surface area contributed by atoms with Gasteiger partial charge >= 0.3 is 0 Å². The van der Waals surface area contributed by atoms with Gasteiger partial charge in [0.2, 0.25) is 5.91 Å². The SMILES string of the molecule is CC(C)C(=O)NCC(O)c1csc2ccccc12. The molecule has 4 heteroatoms. The number of carbonyl (C=O) groups is 1. The number of thiophene rings is 1. The van der Waals surface area contributed by atoms with Gasteiger partial charge in [-0.25, -0.2) is 0 Å². The summed E-state index contributed by atoms with van der Waals surface area (Å²) < 4.78 is 1.15. The van der Waals surface area contributed by atoms with Crippen LogP contribution in [-0.2, 0) is 4.79 Å². The molecule has 2 aromatic rings. The summed E-state index contributed by atoms with van der Waals surface area (Å²) in [7, 11) is 0. The van der Waals surface area contributed by atoms with E-state index in [2.05, 4.69) is 5.32 Å². The van der Waals surface area contributed by atoms with Gasteiger partial charge in [0.15, 0.2) is 0 Å². The monoisotopic (exact) mass is 263 g/mol. The van der Waals surface area contributed by atoms with E-state index in [1.54, 1.807) is 11.3 Å². The van der Waals surface area contributed by atoms with Crippen LogP contribution in [0.2, 0.25) is 0 Å². The summed E-state index contributed by atoms with van der Waals surface area (Å²) in [6.07, 6.45) is -0.649. The first-order valence-electron chi connectivity index (χ1n) is 6.01. The number of hydrogen-bond donors (Lipinski definition) is 2. The Bertz CT molecular complexity index is 547. The topological polar surface area (TPSA) is 49.3 Å². The molecule has 0 radical (unpaired) electrons. The lowest BCUT2D eigenvalue weighted by molar-refractivity contribution is -0.124. The van der Waals surface area contributed by atoms with E-state index in [1.807, 2.05) is 43.5 Å². The van der Waals surface area contributed by atoms with Crippen molar-refractivity contribution in [2.24, 2.45) is 5.92 Å². The van der Waals surface area contributed by atoms with Gasteiger partial charge in [0.25, 0.3) is 0 Å². The van der Waals surface area contributed by atoms with E-state index in [1.165, 1.54) is 0 Å². The summed E-state index contributed by atoms with van der Waals surface area (Å²) in [5.74, 6) is -0.0926. The molecule has 0 fully saturated rings. The lowest BCUT2D eigenvalue weighted by atomic mass is 10.1. The third-order valence-corrected chi connectivity index (χ3v) is 3.85. The minimum Gasteiger partial charge on any atom is -0.387 e. The van der Waals surface area contributed by atoms with Crippen molar-refractivity contribution in [2.75, 3.05) is 6.54 Å². The molecule has 1 aromatic carbocycles. The van der Waals surface area contributed by atoms with Crippen LogP contribution >= 0.6 is 11.3 Å². The van der Waals surface area contributed by atoms with Crippen molar-refractivity contribution in [3.05, 3.63) is 35.2 Å². The number of nitrogens with one attached hydrogen (secondary N) is 1. The third kappa shape index (κ3) is 2.71. The number of carbonyl (C=O) groups excluding carboxylic acids is 1. The maximum Gasteiger partial charge on any atom is 0.222 e. The maximum atomic E-state index is 11.5. The lowest BCUT2D eigenvalue weighted by Crippen LogP contribution is -2.31. The molecule has 3 nitrogen and oxygen atoms in total. The first kappa shape index (κ1) is 13.1. The van der Waals surface area contributed by atoms with Gasteiger partial charge in [-0.3, -0.25) is 4.79 Å². The second-order valence-electron chi connectivity index (χ2n) is 4.60. The van der Waals surface area contributed by atoms with Crippen LogP contribution in [0.1, 0.15) is 25.5 Å². The molecule has 2 rings (SSSR count). The molecule has 2 N–H and O–H groups in total. The maximum absolute atomic E-state index is 11.5. The van der Waals surface area contributed by atoms with E-state index < -0.39 is 6.10 Å². The molecule has 1 aromatic heterocycles. The van der Waals surface area contributed by atoms with Gasteiger partial charge in [-0.1, -0.05) is 32.0 Å². The van der Waals surface area contributed by atoms with Crippen LogP contribution in [0.15, 0.2) is 29.6 Å². The molecule has 0 spiro atoms. The summed E-state index contributed by atoms with van der Waals surface area (Å²) in [5.41, 5.74) is 0.889. The first-order chi connectivity index (χ1) is 8.59. The zero-order valence-electron chi connectivity index (χ0n) is 10.5. The minimum absolute atomic E-state index is 0.0337. The van der Waals surface area contributed by atoms with Crippen molar-refractivity contribution in [3.8, 4) is 0 Å². The summed E-state index contributed by atoms with van der Waals surface area (Å²) in [4.78, 5) is 11.5. The lowest BCUT2D eigenvalue weighted by Gasteiger charge is -2.12. The Kier molecular flexibility index (Phi) is 3.99. The highest BCUT2D eigenvalue weighted by Crippen LogP contribution is 2.29. The van der Waals surface area contributed by atoms with Crippen molar-refractivity contribution < 1.29 is 9.90 Å². The van der Waals surface area contributed by atoms with E-state index >= 15 is 0 Å². The summed E-state index contributed by atoms with van der Waals surface area (Å²) in [5, 5.41) is 15.9. The number of benzene rings is 1. The molecule has 0 aliphatic rings. The van der Waals surface area contributed by atoms with Gasteiger partial charge < -0.3 is 10.4 Å². The van der Waals surface area contributed by atoms with E-state index in [0.29, 0.717) is 0 Å². The molecule has 1 amide bonds. The minimum atomic E-state index is -0.649. The highest BCUT2D eigenvalue weighted by molar-refractivity contribution is 7.17. The fraction of sp³-hybridized carbons (Fsp3) is 0.357. The molecule has 0 saturated carbocycles. The fourth-order valence-electron chi connectivity index (χ4n) is 1.77. The van der Waals surface area contributed by atoms with Crippen LogP contribution in [-0.4, -0.2) is 17.6 Å². The number of hydrogen-bond acceptors (Lipinski definition) is 3. The smallest absolute Gasteiger partial charge is 0.222 e. The molecule has 96 valence electrons. The summed E-state index contributed by atoms with van der Waals surface area (Å²) in [6.45, 7) is 3.93. The molecule has 1 atom stereocenters. The number of amides is 1. The van der Waals surface area contributed by atoms with Crippen molar-refractivity contribution in [3.63, 3.8) is 0 Å². The molecule has 1 heterocycles. The average molecular weight is 263 g/mol. The highest BCUT2D eigenvalue weighted by atomic mass is 32.1. The Morgan fingerprint density at radius 3 is 2.83 bits per heavy atom. The van der Waals surface area contributed by atoms with Crippen LogP contribution < -0.4 is 5.32 Å². The van der Waals surface area contributed by atoms with Crippen LogP contribution in [0, 0.1) is 5.92 Å². The molecule has 0 aliphatic carbocycles. The Morgan fingerprint density at radius 2 is 2.11 bits per heavy atom. The number of rotatable bonds is 4. The molecule has 18 heavy (non-hydrogen) atoms. The van der Waals surface area contributed by atoms with Crippen molar-refractivity contribution in [2.45, 2.75) is 20.0 Å². The third-order valence-electron chi connectivity index (χ3n) is 2.86. The normalized spacial score (nSPS) is 12.9. The molecular weight excluding hydrogens is 246 g/mol. The van der Waals surface area contributed by atoms with Gasteiger partial charge in [-0.2, -0.15) is 0 Å². The summed E-state index contributed by atoms with van der Waals surface area (Å²) >= 11 is 1.61. The van der Waals surface area contributed by atoms with E-state index in [-0.39, 0.29) is 18.4 Å².